The summed E-state index contributed by atoms with van der Waals surface area (Å²) in [6, 6.07) is 11.2. The van der Waals surface area contributed by atoms with Crippen molar-refractivity contribution in [3.8, 4) is 0 Å². The van der Waals surface area contributed by atoms with Crippen molar-refractivity contribution in [2.75, 3.05) is 26.7 Å². The van der Waals surface area contributed by atoms with Crippen molar-refractivity contribution in [3.63, 3.8) is 0 Å². The number of nitrogens with zero attached hydrogens (tertiary/aromatic N) is 2. The summed E-state index contributed by atoms with van der Waals surface area (Å²) in [6.07, 6.45) is 4.89. The predicted molar refractivity (Wildman–Crippen MR) is 113 cm³/mol. The van der Waals surface area contributed by atoms with E-state index >= 15 is 0 Å². The average molecular weight is 456 g/mol. The van der Waals surface area contributed by atoms with Gasteiger partial charge in [0, 0.05) is 45.1 Å². The lowest BCUT2D eigenvalue weighted by atomic mass is 9.99. The fraction of sp³-hybridized carbons (Fsp3) is 0.579. The molecule has 0 spiro atoms. The highest BCUT2D eigenvalue weighted by Gasteiger charge is 2.26. The molecule has 1 atom stereocenters. The molecule has 1 unspecified atom stereocenters. The molecule has 1 saturated carbocycles. The number of nitrogens with one attached hydrogen (secondary N) is 2. The number of hydrogen-bond acceptors (Lipinski definition) is 2. The van der Waals surface area contributed by atoms with Crippen LogP contribution in [0.1, 0.15) is 43.6 Å². The molecule has 0 aromatic heterocycles. The van der Waals surface area contributed by atoms with Gasteiger partial charge in [-0.2, -0.15) is 0 Å². The van der Waals surface area contributed by atoms with Crippen LogP contribution in [0.5, 0.6) is 0 Å². The third-order valence-corrected chi connectivity index (χ3v) is 4.78. The first-order chi connectivity index (χ1) is 11.8. The molecule has 1 aromatic carbocycles. The minimum atomic E-state index is 0. The highest BCUT2D eigenvalue weighted by atomic mass is 127. The van der Waals surface area contributed by atoms with Crippen LogP contribution in [0.4, 0.5) is 0 Å². The fourth-order valence-electron chi connectivity index (χ4n) is 3.26. The van der Waals surface area contributed by atoms with Gasteiger partial charge in [-0.25, -0.2) is 0 Å². The number of halogens is 1. The maximum absolute atomic E-state index is 11.7. The molecular formula is C19H29IN4O. The van der Waals surface area contributed by atoms with Crippen molar-refractivity contribution in [1.82, 2.24) is 15.5 Å². The molecule has 0 bridgehead atoms. The van der Waals surface area contributed by atoms with E-state index in [1.54, 1.807) is 0 Å². The van der Waals surface area contributed by atoms with E-state index < -0.39 is 0 Å². The summed E-state index contributed by atoms with van der Waals surface area (Å²) in [7, 11) is 1.83. The molecule has 1 saturated heterocycles. The van der Waals surface area contributed by atoms with E-state index in [2.05, 4.69) is 50.9 Å². The number of aliphatic imine (C=N–C) groups is 1. The zero-order valence-corrected chi connectivity index (χ0v) is 17.2. The van der Waals surface area contributed by atoms with Gasteiger partial charge in [0.15, 0.2) is 5.96 Å². The third kappa shape index (κ3) is 6.17. The van der Waals surface area contributed by atoms with Crippen LogP contribution in [0.3, 0.4) is 0 Å². The molecule has 138 valence electrons. The van der Waals surface area contributed by atoms with Crippen molar-refractivity contribution < 1.29 is 4.79 Å². The van der Waals surface area contributed by atoms with Crippen LogP contribution in [0.2, 0.25) is 0 Å². The Kier molecular flexibility index (Phi) is 7.99. The van der Waals surface area contributed by atoms with Gasteiger partial charge in [-0.15, -0.1) is 24.0 Å². The van der Waals surface area contributed by atoms with E-state index in [1.807, 2.05) is 7.05 Å². The van der Waals surface area contributed by atoms with Crippen molar-refractivity contribution in [3.05, 3.63) is 35.9 Å². The maximum atomic E-state index is 11.7. The predicted octanol–water partition coefficient (Wildman–Crippen LogP) is 2.73. The Hall–Kier alpha value is -1.31. The zero-order chi connectivity index (χ0) is 16.8. The summed E-state index contributed by atoms with van der Waals surface area (Å²) < 4.78 is 0. The number of carbonyl (C=O) groups excluding carboxylic acids is 1. The van der Waals surface area contributed by atoms with Gasteiger partial charge in [-0.1, -0.05) is 30.3 Å². The highest BCUT2D eigenvalue weighted by molar-refractivity contribution is 14.0. The van der Waals surface area contributed by atoms with Crippen LogP contribution in [0.15, 0.2) is 35.3 Å². The van der Waals surface area contributed by atoms with Crippen LogP contribution in [0.25, 0.3) is 0 Å². The van der Waals surface area contributed by atoms with Crippen LogP contribution in [-0.2, 0) is 4.79 Å². The van der Waals surface area contributed by atoms with Gasteiger partial charge < -0.3 is 15.5 Å². The summed E-state index contributed by atoms with van der Waals surface area (Å²) >= 11 is 0. The summed E-state index contributed by atoms with van der Waals surface area (Å²) in [5.41, 5.74) is 1.41. The van der Waals surface area contributed by atoms with Gasteiger partial charge in [-0.05, 0) is 31.2 Å². The van der Waals surface area contributed by atoms with Gasteiger partial charge in [0.25, 0.3) is 0 Å². The van der Waals surface area contributed by atoms with Gasteiger partial charge in [0.1, 0.15) is 0 Å². The molecule has 1 amide bonds. The quantitative estimate of drug-likeness (QED) is 0.300. The zero-order valence-electron chi connectivity index (χ0n) is 14.9. The van der Waals surface area contributed by atoms with Crippen LogP contribution >= 0.6 is 24.0 Å². The second kappa shape index (κ2) is 9.99. The number of hydrogen-bond donors (Lipinski definition) is 2. The molecule has 1 aliphatic carbocycles. The Morgan fingerprint density at radius 3 is 2.68 bits per heavy atom. The minimum Gasteiger partial charge on any atom is -0.356 e. The summed E-state index contributed by atoms with van der Waals surface area (Å²) in [4.78, 5) is 18.4. The highest BCUT2D eigenvalue weighted by Crippen LogP contribution is 2.26. The largest absolute Gasteiger partial charge is 0.356 e. The van der Waals surface area contributed by atoms with Gasteiger partial charge >= 0.3 is 0 Å². The van der Waals surface area contributed by atoms with Crippen LogP contribution in [0, 0.1) is 0 Å². The topological polar surface area (TPSA) is 56.7 Å². The summed E-state index contributed by atoms with van der Waals surface area (Å²) in [5.74, 6) is 1.71. The van der Waals surface area contributed by atoms with E-state index in [1.165, 1.54) is 5.56 Å². The number of amides is 1. The van der Waals surface area contributed by atoms with Crippen molar-refractivity contribution >= 4 is 35.8 Å². The van der Waals surface area contributed by atoms with E-state index in [0.29, 0.717) is 18.4 Å². The average Bonchev–Trinajstić information content (AvgIpc) is 3.28. The normalized spacial score (nSPS) is 20.1. The molecule has 0 radical (unpaired) electrons. The Balaban J connectivity index is 0.00000225. The molecular weight excluding hydrogens is 427 g/mol. The lowest BCUT2D eigenvalue weighted by Gasteiger charge is -2.21. The first-order valence-corrected chi connectivity index (χ1v) is 9.06. The molecule has 25 heavy (non-hydrogen) atoms. The van der Waals surface area contributed by atoms with Crippen LogP contribution < -0.4 is 10.6 Å². The number of likely N-dealkylation sites (tertiary alicyclic amines) is 1. The van der Waals surface area contributed by atoms with E-state index in [0.717, 1.165) is 51.3 Å². The van der Waals surface area contributed by atoms with Gasteiger partial charge in [-0.3, -0.25) is 9.79 Å². The SMILES string of the molecule is CN=C(NCCCC(=O)NC1CC1)N1CCC(c2ccccc2)C1.I. The first-order valence-electron chi connectivity index (χ1n) is 9.06. The minimum absolute atomic E-state index is 0. The maximum Gasteiger partial charge on any atom is 0.220 e. The van der Waals surface area contributed by atoms with Crippen molar-refractivity contribution in [2.24, 2.45) is 4.99 Å². The second-order valence-corrected chi connectivity index (χ2v) is 6.76. The van der Waals surface area contributed by atoms with Crippen molar-refractivity contribution in [1.29, 1.82) is 0 Å². The fourth-order valence-corrected chi connectivity index (χ4v) is 3.26. The van der Waals surface area contributed by atoms with Crippen molar-refractivity contribution in [2.45, 2.75) is 44.1 Å². The monoisotopic (exact) mass is 456 g/mol. The molecule has 6 heteroatoms. The molecule has 2 N–H and O–H groups in total. The molecule has 1 aliphatic heterocycles. The van der Waals surface area contributed by atoms with Gasteiger partial charge in [0.05, 0.1) is 0 Å². The molecule has 1 aromatic rings. The third-order valence-electron chi connectivity index (χ3n) is 4.78. The lowest BCUT2D eigenvalue weighted by Crippen LogP contribution is -2.40. The summed E-state index contributed by atoms with van der Waals surface area (Å²) in [5, 5.41) is 6.43. The standard InChI is InChI=1S/C19H28N4O.HI/c1-20-19(21-12-5-8-18(24)22-17-9-10-17)23-13-11-16(14-23)15-6-3-2-4-7-15;/h2-4,6-7,16-17H,5,8-14H2,1H3,(H,20,21)(H,22,24);1H. The number of benzene rings is 1. The number of rotatable bonds is 6. The smallest absolute Gasteiger partial charge is 0.220 e. The summed E-state index contributed by atoms with van der Waals surface area (Å²) in [6.45, 7) is 2.82. The van der Waals surface area contributed by atoms with Crippen LogP contribution in [-0.4, -0.2) is 49.5 Å². The van der Waals surface area contributed by atoms with Gasteiger partial charge in [0.2, 0.25) is 5.91 Å². The molecule has 1 heterocycles. The Morgan fingerprint density at radius 2 is 2.00 bits per heavy atom. The molecule has 5 nitrogen and oxygen atoms in total. The Bertz CT molecular complexity index is 574. The second-order valence-electron chi connectivity index (χ2n) is 6.76. The van der Waals surface area contributed by atoms with E-state index in [4.69, 9.17) is 0 Å². The Morgan fingerprint density at radius 1 is 1.24 bits per heavy atom. The first kappa shape index (κ1) is 20.0. The van der Waals surface area contributed by atoms with E-state index in [-0.39, 0.29) is 29.9 Å². The molecule has 2 aliphatic rings. The molecule has 3 rings (SSSR count). The van der Waals surface area contributed by atoms with E-state index in [9.17, 15) is 4.79 Å². The number of carbonyl (C=O) groups is 1. The molecule has 2 fully saturated rings. The number of guanidine groups is 1. The Labute approximate surface area is 167 Å². The lowest BCUT2D eigenvalue weighted by molar-refractivity contribution is -0.121.